The van der Waals surface area contributed by atoms with E-state index < -0.39 is 0 Å². The lowest BCUT2D eigenvalue weighted by molar-refractivity contribution is 0.620. The Morgan fingerprint density at radius 2 is 1.00 bits per heavy atom. The van der Waals surface area contributed by atoms with Crippen molar-refractivity contribution in [1.82, 2.24) is 9.55 Å². The van der Waals surface area contributed by atoms with Crippen molar-refractivity contribution in [3.05, 3.63) is 200 Å². The summed E-state index contributed by atoms with van der Waals surface area (Å²) in [5.74, 6) is 0.610. The number of hydrogen-bond acceptors (Lipinski definition) is 3. The summed E-state index contributed by atoms with van der Waals surface area (Å²) in [4.78, 5) is 7.30. The van der Waals surface area contributed by atoms with E-state index in [0.717, 1.165) is 50.2 Å². The van der Waals surface area contributed by atoms with Gasteiger partial charge in [-0.15, -0.1) is 0 Å². The van der Waals surface area contributed by atoms with Gasteiger partial charge in [0.25, 0.3) is 0 Å². The highest BCUT2D eigenvalue weighted by molar-refractivity contribution is 6.11. The Labute approximate surface area is 317 Å². The van der Waals surface area contributed by atoms with Gasteiger partial charge < -0.3 is 13.9 Å². The molecule has 0 fully saturated rings. The first kappa shape index (κ1) is 31.1. The summed E-state index contributed by atoms with van der Waals surface area (Å²) in [7, 11) is 0. The van der Waals surface area contributed by atoms with Gasteiger partial charge in [0.15, 0.2) is 5.58 Å². The summed E-state index contributed by atoms with van der Waals surface area (Å²) < 4.78 is 8.67. The first-order chi connectivity index (χ1) is 27.2. The fraction of sp³-hybridized carbons (Fsp3) is 0. The van der Waals surface area contributed by atoms with Crippen LogP contribution < -0.4 is 4.90 Å². The molecule has 0 aliphatic carbocycles. The number of fused-ring (bicyclic) bond motifs is 7. The molecule has 0 spiro atoms. The smallest absolute Gasteiger partial charge is 0.227 e. The van der Waals surface area contributed by atoms with Gasteiger partial charge in [-0.3, -0.25) is 0 Å². The second-order valence-corrected chi connectivity index (χ2v) is 14.0. The average Bonchev–Trinajstić information content (AvgIpc) is 3.84. The summed E-state index contributed by atoms with van der Waals surface area (Å²) in [6, 6.07) is 71.1. The van der Waals surface area contributed by atoms with Crippen molar-refractivity contribution in [2.24, 2.45) is 0 Å². The highest BCUT2D eigenvalue weighted by atomic mass is 16.3. The normalized spacial score (nSPS) is 11.6. The summed E-state index contributed by atoms with van der Waals surface area (Å²) in [6.45, 7) is 0. The lowest BCUT2D eigenvalue weighted by Gasteiger charge is -2.26. The number of rotatable bonds is 6. The van der Waals surface area contributed by atoms with Crippen LogP contribution in [-0.2, 0) is 0 Å². The van der Waals surface area contributed by atoms with Gasteiger partial charge in [-0.25, -0.2) is 4.98 Å². The molecule has 0 N–H and O–H groups in total. The molecule has 0 unspecified atom stereocenters. The monoisotopic (exact) mass is 703 g/mol. The molecule has 4 nitrogen and oxygen atoms in total. The van der Waals surface area contributed by atoms with Gasteiger partial charge >= 0.3 is 0 Å². The number of anilines is 3. The third-order valence-corrected chi connectivity index (χ3v) is 10.8. The first-order valence-corrected chi connectivity index (χ1v) is 18.6. The predicted molar refractivity (Wildman–Crippen MR) is 229 cm³/mol. The molecule has 0 saturated carbocycles. The maximum atomic E-state index is 6.31. The standard InChI is InChI=1S/C51H33N3O/c1-2-13-40(14-3-1)54-47-17-9-8-16-45(47)46-33-43(29-30-48(46)54)53(41-25-20-35(21-26-41)39-19-18-34-10-4-5-12-38(34)32-39)42-27-22-37(23-28-42)51-52-50-44-15-7-6-11-36(44)24-31-49(50)55-51/h1-33H. The molecular formula is C51H33N3O. The van der Waals surface area contributed by atoms with E-state index >= 15 is 0 Å². The molecule has 0 aliphatic heterocycles. The van der Waals surface area contributed by atoms with E-state index in [0.29, 0.717) is 5.89 Å². The fourth-order valence-electron chi connectivity index (χ4n) is 8.11. The number of aromatic nitrogens is 2. The summed E-state index contributed by atoms with van der Waals surface area (Å²) in [5, 5.41) is 7.14. The van der Waals surface area contributed by atoms with Crippen LogP contribution in [0.25, 0.3) is 82.7 Å². The van der Waals surface area contributed by atoms with Crippen molar-refractivity contribution in [1.29, 1.82) is 0 Å². The van der Waals surface area contributed by atoms with Crippen LogP contribution in [0.4, 0.5) is 17.1 Å². The van der Waals surface area contributed by atoms with Crippen LogP contribution in [0.1, 0.15) is 0 Å². The van der Waals surface area contributed by atoms with Crippen LogP contribution in [0.3, 0.4) is 0 Å². The summed E-state index contributed by atoms with van der Waals surface area (Å²) in [5.41, 5.74) is 11.6. The Bertz CT molecular complexity index is 3190. The highest BCUT2D eigenvalue weighted by Gasteiger charge is 2.19. The number of oxazole rings is 1. The second kappa shape index (κ2) is 12.6. The largest absolute Gasteiger partial charge is 0.436 e. The Morgan fingerprint density at radius 1 is 0.400 bits per heavy atom. The van der Waals surface area contributed by atoms with Gasteiger partial charge in [-0.05, 0) is 112 Å². The molecule has 4 heteroatoms. The topological polar surface area (TPSA) is 34.2 Å². The zero-order valence-corrected chi connectivity index (χ0v) is 29.8. The molecule has 0 amide bonds. The van der Waals surface area contributed by atoms with Crippen LogP contribution in [-0.4, -0.2) is 9.55 Å². The summed E-state index contributed by atoms with van der Waals surface area (Å²) >= 11 is 0. The minimum atomic E-state index is 0.610. The van der Waals surface area contributed by atoms with E-state index in [1.165, 1.54) is 43.7 Å². The molecule has 11 rings (SSSR count). The van der Waals surface area contributed by atoms with Crippen molar-refractivity contribution in [2.75, 3.05) is 4.90 Å². The van der Waals surface area contributed by atoms with Crippen molar-refractivity contribution >= 4 is 71.5 Å². The molecule has 11 aromatic rings. The molecular weight excluding hydrogens is 671 g/mol. The van der Waals surface area contributed by atoms with Gasteiger partial charge in [0, 0.05) is 44.5 Å². The van der Waals surface area contributed by atoms with E-state index in [2.05, 4.69) is 198 Å². The first-order valence-electron chi connectivity index (χ1n) is 18.6. The third kappa shape index (κ3) is 5.26. The average molecular weight is 704 g/mol. The van der Waals surface area contributed by atoms with Crippen LogP contribution in [0.5, 0.6) is 0 Å². The van der Waals surface area contributed by atoms with E-state index in [1.54, 1.807) is 0 Å². The fourth-order valence-corrected chi connectivity index (χ4v) is 8.11. The molecule has 2 heterocycles. The molecule has 55 heavy (non-hydrogen) atoms. The SMILES string of the molecule is c1ccc(-n2c3ccccc3c3cc(N(c4ccc(-c5ccc6ccccc6c5)cc4)c4ccc(-c5nc6c(ccc7ccccc76)o5)cc4)ccc32)cc1. The molecule has 258 valence electrons. The predicted octanol–water partition coefficient (Wildman–Crippen LogP) is 14.0. The minimum Gasteiger partial charge on any atom is -0.436 e. The third-order valence-electron chi connectivity index (χ3n) is 10.8. The van der Waals surface area contributed by atoms with Crippen molar-refractivity contribution in [3.63, 3.8) is 0 Å². The lowest BCUT2D eigenvalue weighted by atomic mass is 10.0. The van der Waals surface area contributed by atoms with Crippen LogP contribution in [0.15, 0.2) is 205 Å². The second-order valence-electron chi connectivity index (χ2n) is 14.0. The van der Waals surface area contributed by atoms with Gasteiger partial charge in [-0.2, -0.15) is 0 Å². The maximum Gasteiger partial charge on any atom is 0.227 e. The van der Waals surface area contributed by atoms with E-state index in [1.807, 2.05) is 12.1 Å². The van der Waals surface area contributed by atoms with Gasteiger partial charge in [0.1, 0.15) is 5.52 Å². The van der Waals surface area contributed by atoms with E-state index in [9.17, 15) is 0 Å². The number of nitrogens with zero attached hydrogens (tertiary/aromatic N) is 3. The number of benzene rings is 9. The zero-order valence-electron chi connectivity index (χ0n) is 29.8. The molecule has 0 saturated heterocycles. The maximum absolute atomic E-state index is 6.31. The van der Waals surface area contributed by atoms with Crippen molar-refractivity contribution in [2.45, 2.75) is 0 Å². The minimum absolute atomic E-state index is 0.610. The van der Waals surface area contributed by atoms with Crippen molar-refractivity contribution in [3.8, 4) is 28.3 Å². The lowest BCUT2D eigenvalue weighted by Crippen LogP contribution is -2.10. The molecule has 9 aromatic carbocycles. The van der Waals surface area contributed by atoms with Crippen molar-refractivity contribution < 1.29 is 4.42 Å². The molecule has 2 aromatic heterocycles. The molecule has 0 atom stereocenters. The Kier molecular flexibility index (Phi) is 7.14. The summed E-state index contributed by atoms with van der Waals surface area (Å²) in [6.07, 6.45) is 0. The van der Waals surface area contributed by atoms with Crippen LogP contribution in [0.2, 0.25) is 0 Å². The molecule has 0 bridgehead atoms. The number of para-hydroxylation sites is 2. The van der Waals surface area contributed by atoms with Gasteiger partial charge in [0.2, 0.25) is 5.89 Å². The number of hydrogen-bond donors (Lipinski definition) is 0. The molecule has 0 aliphatic rings. The van der Waals surface area contributed by atoms with Gasteiger partial charge in [0.05, 0.1) is 11.0 Å². The highest BCUT2D eigenvalue weighted by Crippen LogP contribution is 2.41. The Balaban J connectivity index is 1.04. The molecule has 0 radical (unpaired) electrons. The zero-order chi connectivity index (χ0) is 36.3. The van der Waals surface area contributed by atoms with Crippen LogP contribution >= 0.6 is 0 Å². The van der Waals surface area contributed by atoms with E-state index in [4.69, 9.17) is 9.40 Å². The van der Waals surface area contributed by atoms with E-state index in [-0.39, 0.29) is 0 Å². The van der Waals surface area contributed by atoms with Crippen LogP contribution in [0, 0.1) is 0 Å². The Morgan fingerprint density at radius 3 is 1.80 bits per heavy atom. The Hall–Kier alpha value is -7.43. The quantitative estimate of drug-likeness (QED) is 0.173. The van der Waals surface area contributed by atoms with Gasteiger partial charge in [-0.1, -0.05) is 115 Å².